The number of halogens is 1. The van der Waals surface area contributed by atoms with E-state index in [1.807, 2.05) is 61.5 Å². The highest BCUT2D eigenvalue weighted by molar-refractivity contribution is 6.32. The molecule has 0 bridgehead atoms. The Morgan fingerprint density at radius 2 is 1.79 bits per heavy atom. The molecule has 7 heteroatoms. The van der Waals surface area contributed by atoms with Gasteiger partial charge in [0, 0.05) is 31.1 Å². The van der Waals surface area contributed by atoms with E-state index in [4.69, 9.17) is 21.1 Å². The lowest BCUT2D eigenvalue weighted by molar-refractivity contribution is -0.114. The van der Waals surface area contributed by atoms with E-state index in [2.05, 4.69) is 5.32 Å². The van der Waals surface area contributed by atoms with Gasteiger partial charge in [0.25, 0.3) is 5.91 Å². The fraction of sp³-hybridized carbons (Fsp3) is 0.259. The van der Waals surface area contributed by atoms with Crippen LogP contribution in [0.4, 0.5) is 5.69 Å². The molecule has 1 heterocycles. The zero-order valence-electron chi connectivity index (χ0n) is 19.2. The minimum atomic E-state index is -0.281. The first-order valence-corrected chi connectivity index (χ1v) is 11.6. The standard InChI is InChI=1S/C27H27ClN2O4/c1-18(21-10-6-11-23(14-21)29-19(2)31)30(17-20-8-4-3-5-9-20)27(32)22-15-24(28)26-25(16-22)33-12-7-13-34-26/h3-6,8-11,14-16,18H,7,12-13,17H2,1-2H3,(H,29,31). The van der Waals surface area contributed by atoms with Crippen LogP contribution in [-0.2, 0) is 11.3 Å². The number of anilines is 1. The summed E-state index contributed by atoms with van der Waals surface area (Å²) in [6.07, 6.45) is 0.746. The van der Waals surface area contributed by atoms with Crippen LogP contribution in [-0.4, -0.2) is 29.9 Å². The molecular formula is C27H27ClN2O4. The molecule has 2 amide bonds. The fourth-order valence-corrected chi connectivity index (χ4v) is 4.21. The predicted octanol–water partition coefficient (Wildman–Crippen LogP) is 5.86. The van der Waals surface area contributed by atoms with Gasteiger partial charge >= 0.3 is 0 Å². The molecule has 0 saturated carbocycles. The third kappa shape index (κ3) is 5.51. The lowest BCUT2D eigenvalue weighted by atomic mass is 10.0. The Balaban J connectivity index is 1.70. The number of nitrogens with one attached hydrogen (secondary N) is 1. The maximum Gasteiger partial charge on any atom is 0.254 e. The minimum Gasteiger partial charge on any atom is -0.489 e. The van der Waals surface area contributed by atoms with E-state index in [0.717, 1.165) is 17.5 Å². The molecule has 1 unspecified atom stereocenters. The van der Waals surface area contributed by atoms with E-state index in [1.54, 1.807) is 17.0 Å². The molecule has 0 radical (unpaired) electrons. The Morgan fingerprint density at radius 1 is 1.03 bits per heavy atom. The Hall–Kier alpha value is -3.51. The molecule has 34 heavy (non-hydrogen) atoms. The summed E-state index contributed by atoms with van der Waals surface area (Å²) in [5.41, 5.74) is 3.01. The normalized spacial score (nSPS) is 13.5. The second-order valence-electron chi connectivity index (χ2n) is 8.24. The van der Waals surface area contributed by atoms with Gasteiger partial charge in [0.2, 0.25) is 5.91 Å². The van der Waals surface area contributed by atoms with Crippen LogP contribution in [0.1, 0.15) is 47.8 Å². The summed E-state index contributed by atoms with van der Waals surface area (Å²) in [6, 6.07) is 20.4. The van der Waals surface area contributed by atoms with Crippen molar-refractivity contribution in [3.05, 3.63) is 88.4 Å². The molecule has 0 spiro atoms. The Labute approximate surface area is 204 Å². The number of amides is 2. The first-order valence-electron chi connectivity index (χ1n) is 11.2. The highest BCUT2D eigenvalue weighted by atomic mass is 35.5. The SMILES string of the molecule is CC(=O)Nc1cccc(C(C)N(Cc2ccccc2)C(=O)c2cc(Cl)c3c(c2)OCCCO3)c1. The average molecular weight is 479 g/mol. The van der Waals surface area contributed by atoms with Crippen LogP contribution in [0.3, 0.4) is 0 Å². The van der Waals surface area contributed by atoms with Crippen molar-refractivity contribution in [3.63, 3.8) is 0 Å². The van der Waals surface area contributed by atoms with Crippen molar-refractivity contribution in [1.82, 2.24) is 4.90 Å². The number of benzene rings is 3. The maximum absolute atomic E-state index is 13.9. The van der Waals surface area contributed by atoms with Crippen LogP contribution in [0, 0.1) is 0 Å². The van der Waals surface area contributed by atoms with Crippen molar-refractivity contribution >= 4 is 29.1 Å². The second kappa shape index (κ2) is 10.6. The van der Waals surface area contributed by atoms with E-state index in [9.17, 15) is 9.59 Å². The van der Waals surface area contributed by atoms with Crippen LogP contribution in [0.5, 0.6) is 11.5 Å². The van der Waals surface area contributed by atoms with Gasteiger partial charge in [-0.25, -0.2) is 0 Å². The summed E-state index contributed by atoms with van der Waals surface area (Å²) in [7, 11) is 0. The Kier molecular flexibility index (Phi) is 7.38. The maximum atomic E-state index is 13.9. The number of ether oxygens (including phenoxy) is 2. The number of rotatable bonds is 6. The monoisotopic (exact) mass is 478 g/mol. The van der Waals surface area contributed by atoms with Gasteiger partial charge in [0.05, 0.1) is 24.3 Å². The van der Waals surface area contributed by atoms with E-state index in [0.29, 0.717) is 47.5 Å². The van der Waals surface area contributed by atoms with Gasteiger partial charge in [0.15, 0.2) is 11.5 Å². The van der Waals surface area contributed by atoms with Crippen LogP contribution in [0.2, 0.25) is 5.02 Å². The van der Waals surface area contributed by atoms with Crippen LogP contribution in [0.15, 0.2) is 66.7 Å². The summed E-state index contributed by atoms with van der Waals surface area (Å²) in [5, 5.41) is 3.16. The van der Waals surface area contributed by atoms with Crippen molar-refractivity contribution in [3.8, 4) is 11.5 Å². The zero-order valence-corrected chi connectivity index (χ0v) is 20.0. The van der Waals surface area contributed by atoms with Crippen LogP contribution in [0.25, 0.3) is 0 Å². The largest absolute Gasteiger partial charge is 0.489 e. The summed E-state index contributed by atoms with van der Waals surface area (Å²) in [4.78, 5) is 27.2. The van der Waals surface area contributed by atoms with E-state index in [1.165, 1.54) is 6.92 Å². The molecule has 3 aromatic rings. The first-order chi connectivity index (χ1) is 16.4. The zero-order chi connectivity index (χ0) is 24.1. The second-order valence-corrected chi connectivity index (χ2v) is 8.64. The average Bonchev–Trinajstić information content (AvgIpc) is 3.08. The lowest BCUT2D eigenvalue weighted by Crippen LogP contribution is -2.33. The van der Waals surface area contributed by atoms with Crippen molar-refractivity contribution < 1.29 is 19.1 Å². The summed E-state index contributed by atoms with van der Waals surface area (Å²) in [5.74, 6) is 0.623. The highest BCUT2D eigenvalue weighted by Crippen LogP contribution is 2.39. The molecule has 0 aliphatic carbocycles. The molecule has 0 aromatic heterocycles. The fourth-order valence-electron chi connectivity index (χ4n) is 3.94. The number of hydrogen-bond donors (Lipinski definition) is 1. The molecule has 0 fully saturated rings. The third-order valence-corrected chi connectivity index (χ3v) is 5.94. The van der Waals surface area contributed by atoms with Gasteiger partial charge in [-0.15, -0.1) is 0 Å². The number of carbonyl (C=O) groups excluding carboxylic acids is 2. The van der Waals surface area contributed by atoms with Gasteiger partial charge in [-0.2, -0.15) is 0 Å². The van der Waals surface area contributed by atoms with E-state index < -0.39 is 0 Å². The lowest BCUT2D eigenvalue weighted by Gasteiger charge is -2.30. The van der Waals surface area contributed by atoms with Crippen molar-refractivity contribution in [2.75, 3.05) is 18.5 Å². The summed E-state index contributed by atoms with van der Waals surface area (Å²) >= 11 is 6.48. The van der Waals surface area contributed by atoms with Crippen molar-refractivity contribution in [2.45, 2.75) is 32.9 Å². The van der Waals surface area contributed by atoms with Gasteiger partial charge in [-0.05, 0) is 42.3 Å². The molecule has 4 rings (SSSR count). The summed E-state index contributed by atoms with van der Waals surface area (Å²) in [6.45, 7) is 4.85. The molecule has 6 nitrogen and oxygen atoms in total. The number of carbonyl (C=O) groups is 2. The number of nitrogens with zero attached hydrogens (tertiary/aromatic N) is 1. The van der Waals surface area contributed by atoms with Crippen LogP contribution < -0.4 is 14.8 Å². The quantitative estimate of drug-likeness (QED) is 0.481. The van der Waals surface area contributed by atoms with Crippen LogP contribution >= 0.6 is 11.6 Å². The molecule has 176 valence electrons. The molecule has 1 N–H and O–H groups in total. The first kappa shape index (κ1) is 23.6. The van der Waals surface area contributed by atoms with Gasteiger partial charge in [-0.1, -0.05) is 54.1 Å². The molecule has 1 aliphatic rings. The Bertz CT molecular complexity index is 1180. The van der Waals surface area contributed by atoms with E-state index >= 15 is 0 Å². The van der Waals surface area contributed by atoms with Crippen molar-refractivity contribution in [2.24, 2.45) is 0 Å². The van der Waals surface area contributed by atoms with Gasteiger partial charge in [-0.3, -0.25) is 9.59 Å². The van der Waals surface area contributed by atoms with Gasteiger partial charge in [0.1, 0.15) is 0 Å². The topological polar surface area (TPSA) is 67.9 Å². The predicted molar refractivity (Wildman–Crippen MR) is 133 cm³/mol. The molecule has 0 saturated heterocycles. The van der Waals surface area contributed by atoms with Gasteiger partial charge < -0.3 is 19.7 Å². The molecule has 1 atom stereocenters. The third-order valence-electron chi connectivity index (χ3n) is 5.66. The number of fused-ring (bicyclic) bond motifs is 1. The van der Waals surface area contributed by atoms with E-state index in [-0.39, 0.29) is 17.9 Å². The molecule has 3 aromatic carbocycles. The van der Waals surface area contributed by atoms with Crippen molar-refractivity contribution in [1.29, 1.82) is 0 Å². The number of hydrogen-bond acceptors (Lipinski definition) is 4. The smallest absolute Gasteiger partial charge is 0.254 e. The highest BCUT2D eigenvalue weighted by Gasteiger charge is 2.26. The summed E-state index contributed by atoms with van der Waals surface area (Å²) < 4.78 is 11.5. The Morgan fingerprint density at radius 3 is 2.56 bits per heavy atom. The molecular weight excluding hydrogens is 452 g/mol. The molecule has 1 aliphatic heterocycles. The minimum absolute atomic E-state index is 0.149.